The zero-order valence-electron chi connectivity index (χ0n) is 6.37. The molecule has 0 aliphatic carbocycles. The lowest BCUT2D eigenvalue weighted by Gasteiger charge is -2.13. The van der Waals surface area contributed by atoms with Crippen molar-refractivity contribution in [2.45, 2.75) is 6.10 Å². The van der Waals surface area contributed by atoms with Gasteiger partial charge in [-0.1, -0.05) is 0 Å². The lowest BCUT2D eigenvalue weighted by atomic mass is 10.4. The maximum Gasteiger partial charge on any atom is 0.144 e. The predicted molar refractivity (Wildman–Crippen MR) is 35.7 cm³/mol. The second kappa shape index (κ2) is 6.95. The first-order chi connectivity index (χ1) is 4.85. The SMILES string of the molecule is COCC(COC)OCO. The van der Waals surface area contributed by atoms with Gasteiger partial charge in [-0.25, -0.2) is 0 Å². The molecule has 0 aromatic carbocycles. The molecule has 0 spiro atoms. The van der Waals surface area contributed by atoms with Crippen LogP contribution in [-0.4, -0.2) is 45.4 Å². The Morgan fingerprint density at radius 2 is 1.70 bits per heavy atom. The lowest BCUT2D eigenvalue weighted by molar-refractivity contribution is -0.0978. The molecule has 0 fully saturated rings. The summed E-state index contributed by atoms with van der Waals surface area (Å²) in [5, 5.41) is 8.36. The maximum atomic E-state index is 8.36. The Morgan fingerprint density at radius 1 is 1.20 bits per heavy atom. The average molecular weight is 150 g/mol. The van der Waals surface area contributed by atoms with E-state index in [2.05, 4.69) is 0 Å². The molecule has 62 valence electrons. The number of rotatable bonds is 6. The second-order valence-electron chi connectivity index (χ2n) is 1.83. The van der Waals surface area contributed by atoms with Gasteiger partial charge in [-0.2, -0.15) is 0 Å². The molecule has 0 saturated carbocycles. The smallest absolute Gasteiger partial charge is 0.144 e. The molecule has 0 aliphatic rings. The summed E-state index contributed by atoms with van der Waals surface area (Å²) in [6.07, 6.45) is -0.167. The summed E-state index contributed by atoms with van der Waals surface area (Å²) < 4.78 is 14.4. The fourth-order valence-electron chi connectivity index (χ4n) is 0.622. The summed E-state index contributed by atoms with van der Waals surface area (Å²) in [4.78, 5) is 0. The van der Waals surface area contributed by atoms with Crippen LogP contribution in [0.3, 0.4) is 0 Å². The Hall–Kier alpha value is -0.160. The Kier molecular flexibility index (Phi) is 6.84. The van der Waals surface area contributed by atoms with E-state index in [1.54, 1.807) is 14.2 Å². The quantitative estimate of drug-likeness (QED) is 0.524. The van der Waals surface area contributed by atoms with Crippen LogP contribution >= 0.6 is 0 Å². The summed E-state index contributed by atoms with van der Waals surface area (Å²) in [5.74, 6) is 0. The summed E-state index contributed by atoms with van der Waals surface area (Å²) >= 11 is 0. The van der Waals surface area contributed by atoms with Gasteiger partial charge in [0.15, 0.2) is 0 Å². The van der Waals surface area contributed by atoms with Crippen molar-refractivity contribution in [2.24, 2.45) is 0 Å². The number of aliphatic hydroxyl groups excluding tert-OH is 1. The van der Waals surface area contributed by atoms with Gasteiger partial charge in [-0.3, -0.25) is 0 Å². The third-order valence-electron chi connectivity index (χ3n) is 1.02. The van der Waals surface area contributed by atoms with Gasteiger partial charge in [0, 0.05) is 14.2 Å². The zero-order valence-corrected chi connectivity index (χ0v) is 6.37. The van der Waals surface area contributed by atoms with Gasteiger partial charge in [0.25, 0.3) is 0 Å². The highest BCUT2D eigenvalue weighted by Gasteiger charge is 2.06. The monoisotopic (exact) mass is 150 g/mol. The standard InChI is InChI=1S/C6H14O4/c1-8-3-6(4-9-2)10-5-7/h6-7H,3-5H2,1-2H3. The van der Waals surface area contributed by atoms with Gasteiger partial charge >= 0.3 is 0 Å². The fourth-order valence-corrected chi connectivity index (χ4v) is 0.622. The van der Waals surface area contributed by atoms with Crippen LogP contribution in [0.4, 0.5) is 0 Å². The number of methoxy groups -OCH3 is 2. The van der Waals surface area contributed by atoms with E-state index in [9.17, 15) is 0 Å². The number of ether oxygens (including phenoxy) is 3. The highest BCUT2D eigenvalue weighted by molar-refractivity contribution is 4.52. The Morgan fingerprint density at radius 3 is 2.00 bits per heavy atom. The molecule has 10 heavy (non-hydrogen) atoms. The molecule has 0 radical (unpaired) electrons. The van der Waals surface area contributed by atoms with Crippen molar-refractivity contribution in [3.8, 4) is 0 Å². The number of aliphatic hydroxyl groups is 1. The summed E-state index contributed by atoms with van der Waals surface area (Å²) in [7, 11) is 3.15. The third-order valence-corrected chi connectivity index (χ3v) is 1.02. The van der Waals surface area contributed by atoms with Crippen molar-refractivity contribution in [2.75, 3.05) is 34.2 Å². The van der Waals surface area contributed by atoms with Gasteiger partial charge in [-0.15, -0.1) is 0 Å². The molecular formula is C6H14O4. The number of hydrogen-bond donors (Lipinski definition) is 1. The Balaban J connectivity index is 3.30. The normalized spacial score (nSPS) is 10.8. The van der Waals surface area contributed by atoms with E-state index < -0.39 is 0 Å². The van der Waals surface area contributed by atoms with E-state index in [1.807, 2.05) is 0 Å². The number of hydrogen-bond acceptors (Lipinski definition) is 4. The van der Waals surface area contributed by atoms with E-state index in [0.29, 0.717) is 13.2 Å². The first-order valence-electron chi connectivity index (χ1n) is 3.05. The molecule has 0 unspecified atom stereocenters. The third kappa shape index (κ3) is 4.69. The molecule has 0 aliphatic heterocycles. The molecule has 0 rings (SSSR count). The first kappa shape index (κ1) is 9.84. The van der Waals surface area contributed by atoms with Crippen LogP contribution < -0.4 is 0 Å². The first-order valence-corrected chi connectivity index (χ1v) is 3.05. The molecule has 0 aromatic rings. The molecule has 4 nitrogen and oxygen atoms in total. The maximum absolute atomic E-state index is 8.36. The lowest BCUT2D eigenvalue weighted by Crippen LogP contribution is -2.24. The topological polar surface area (TPSA) is 47.9 Å². The van der Waals surface area contributed by atoms with Gasteiger partial charge < -0.3 is 19.3 Å². The Labute approximate surface area is 60.7 Å². The second-order valence-corrected chi connectivity index (χ2v) is 1.83. The van der Waals surface area contributed by atoms with E-state index in [0.717, 1.165) is 0 Å². The summed E-state index contributed by atoms with van der Waals surface area (Å²) in [6.45, 7) is 0.584. The highest BCUT2D eigenvalue weighted by Crippen LogP contribution is 1.91. The van der Waals surface area contributed by atoms with Crippen molar-refractivity contribution < 1.29 is 19.3 Å². The van der Waals surface area contributed by atoms with Crippen LogP contribution in [0.1, 0.15) is 0 Å². The summed E-state index contributed by atoms with van der Waals surface area (Å²) in [6, 6.07) is 0. The van der Waals surface area contributed by atoms with E-state index in [4.69, 9.17) is 19.3 Å². The average Bonchev–Trinajstić information content (AvgIpc) is 1.90. The molecule has 0 atom stereocenters. The van der Waals surface area contributed by atoms with Crippen LogP contribution in [0.2, 0.25) is 0 Å². The van der Waals surface area contributed by atoms with Crippen LogP contribution in [0, 0.1) is 0 Å². The minimum absolute atomic E-state index is 0.167. The molecule has 0 amide bonds. The van der Waals surface area contributed by atoms with Crippen LogP contribution in [-0.2, 0) is 14.2 Å². The molecule has 4 heteroatoms. The van der Waals surface area contributed by atoms with Gasteiger partial charge in [0.05, 0.1) is 13.2 Å². The fraction of sp³-hybridized carbons (Fsp3) is 1.00. The Bertz CT molecular complexity index is 52.5. The van der Waals surface area contributed by atoms with Crippen LogP contribution in [0.5, 0.6) is 0 Å². The van der Waals surface area contributed by atoms with Crippen molar-refractivity contribution >= 4 is 0 Å². The van der Waals surface area contributed by atoms with Crippen molar-refractivity contribution in [1.82, 2.24) is 0 Å². The van der Waals surface area contributed by atoms with Crippen molar-refractivity contribution in [3.63, 3.8) is 0 Å². The molecular weight excluding hydrogens is 136 g/mol. The van der Waals surface area contributed by atoms with Gasteiger partial charge in [0.2, 0.25) is 0 Å². The minimum atomic E-state index is -0.294. The molecule has 0 saturated heterocycles. The van der Waals surface area contributed by atoms with Gasteiger partial charge in [0.1, 0.15) is 12.9 Å². The van der Waals surface area contributed by atoms with E-state index in [-0.39, 0.29) is 12.9 Å². The largest absolute Gasteiger partial charge is 0.382 e. The molecule has 1 N–H and O–H groups in total. The molecule has 0 bridgehead atoms. The van der Waals surface area contributed by atoms with Gasteiger partial charge in [-0.05, 0) is 0 Å². The van der Waals surface area contributed by atoms with Crippen molar-refractivity contribution in [3.05, 3.63) is 0 Å². The van der Waals surface area contributed by atoms with Crippen LogP contribution in [0.25, 0.3) is 0 Å². The van der Waals surface area contributed by atoms with Crippen LogP contribution in [0.15, 0.2) is 0 Å². The minimum Gasteiger partial charge on any atom is -0.382 e. The highest BCUT2D eigenvalue weighted by atomic mass is 16.6. The molecule has 0 aromatic heterocycles. The van der Waals surface area contributed by atoms with E-state index >= 15 is 0 Å². The van der Waals surface area contributed by atoms with E-state index in [1.165, 1.54) is 0 Å². The van der Waals surface area contributed by atoms with Crippen molar-refractivity contribution in [1.29, 1.82) is 0 Å². The summed E-state index contributed by atoms with van der Waals surface area (Å²) in [5.41, 5.74) is 0. The zero-order chi connectivity index (χ0) is 7.82. The molecule has 0 heterocycles. The predicted octanol–water partition coefficient (Wildman–Crippen LogP) is -0.386.